The van der Waals surface area contributed by atoms with E-state index in [0.717, 1.165) is 0 Å². The van der Waals surface area contributed by atoms with Gasteiger partial charge in [-0.1, -0.05) is 18.2 Å². The molecule has 1 aromatic rings. The summed E-state index contributed by atoms with van der Waals surface area (Å²) >= 11 is 0. The topological polar surface area (TPSA) is 41.6 Å². The van der Waals surface area contributed by atoms with Crippen molar-refractivity contribution in [2.75, 3.05) is 26.3 Å². The van der Waals surface area contributed by atoms with Crippen LogP contribution in [0.3, 0.4) is 0 Å². The van der Waals surface area contributed by atoms with E-state index in [9.17, 15) is 22.4 Å². The van der Waals surface area contributed by atoms with Crippen LogP contribution in [-0.2, 0) is 16.0 Å². The Morgan fingerprint density at radius 2 is 1.93 bits per heavy atom. The van der Waals surface area contributed by atoms with Crippen molar-refractivity contribution in [1.29, 1.82) is 0 Å². The van der Waals surface area contributed by atoms with Crippen molar-refractivity contribution in [2.24, 2.45) is 5.41 Å². The fourth-order valence-corrected chi connectivity index (χ4v) is 4.03. The maximum atomic E-state index is 14.2. The number of nitrogens with one attached hydrogen (secondary N) is 1. The van der Waals surface area contributed by atoms with Gasteiger partial charge in [-0.3, -0.25) is 9.69 Å². The van der Waals surface area contributed by atoms with E-state index in [-0.39, 0.29) is 31.5 Å². The van der Waals surface area contributed by atoms with Gasteiger partial charge in [0.25, 0.3) is 0 Å². The molecule has 4 nitrogen and oxygen atoms in total. The van der Waals surface area contributed by atoms with Gasteiger partial charge in [0, 0.05) is 38.4 Å². The molecule has 0 aromatic heterocycles. The summed E-state index contributed by atoms with van der Waals surface area (Å²) in [5, 5.41) is 3.02. The number of nitrogens with zero attached hydrogens (tertiary/aromatic N) is 1. The molecule has 2 heterocycles. The highest BCUT2D eigenvalue weighted by Gasteiger charge is 2.52. The summed E-state index contributed by atoms with van der Waals surface area (Å²) in [5.41, 5.74) is -0.506. The maximum absolute atomic E-state index is 14.2. The van der Waals surface area contributed by atoms with E-state index in [1.807, 2.05) is 0 Å². The fraction of sp³-hybridized carbons (Fsp3) is 0.650. The highest BCUT2D eigenvalue weighted by atomic mass is 19.4. The fourth-order valence-electron chi connectivity index (χ4n) is 4.03. The van der Waals surface area contributed by atoms with Crippen LogP contribution in [0.25, 0.3) is 0 Å². The molecule has 0 saturated carbocycles. The Balaban J connectivity index is 1.72. The monoisotopic (exact) mass is 402 g/mol. The number of ether oxygens (including phenoxy) is 1. The van der Waals surface area contributed by atoms with Gasteiger partial charge >= 0.3 is 6.18 Å². The lowest BCUT2D eigenvalue weighted by molar-refractivity contribution is -0.163. The first kappa shape index (κ1) is 21.0. The number of likely N-dealkylation sites (tertiary alicyclic amines) is 1. The van der Waals surface area contributed by atoms with Gasteiger partial charge in [0.05, 0.1) is 11.8 Å². The third-order valence-corrected chi connectivity index (χ3v) is 5.69. The van der Waals surface area contributed by atoms with Crippen LogP contribution >= 0.6 is 0 Å². The van der Waals surface area contributed by atoms with E-state index in [1.165, 1.54) is 13.0 Å². The first-order valence-corrected chi connectivity index (χ1v) is 9.61. The van der Waals surface area contributed by atoms with E-state index in [1.54, 1.807) is 23.1 Å². The number of halogens is 4. The lowest BCUT2D eigenvalue weighted by Gasteiger charge is -2.52. The molecule has 1 amide bonds. The predicted molar refractivity (Wildman–Crippen MR) is 96.2 cm³/mol. The van der Waals surface area contributed by atoms with Crippen LogP contribution in [-0.4, -0.2) is 55.4 Å². The van der Waals surface area contributed by atoms with Gasteiger partial charge < -0.3 is 10.1 Å². The number of hydrogen-bond donors (Lipinski definition) is 1. The molecule has 0 aliphatic carbocycles. The molecule has 2 aliphatic heterocycles. The van der Waals surface area contributed by atoms with Crippen molar-refractivity contribution in [3.8, 4) is 0 Å². The zero-order chi connectivity index (χ0) is 20.4. The van der Waals surface area contributed by atoms with Gasteiger partial charge in [0.1, 0.15) is 5.82 Å². The minimum Gasteiger partial charge on any atom is -0.381 e. The molecule has 2 fully saturated rings. The molecule has 1 atom stereocenters. The molecule has 3 rings (SSSR count). The second-order valence-corrected chi connectivity index (χ2v) is 7.98. The summed E-state index contributed by atoms with van der Waals surface area (Å²) < 4.78 is 57.6. The molecule has 0 radical (unpaired) electrons. The molecule has 2 aliphatic rings. The summed E-state index contributed by atoms with van der Waals surface area (Å²) in [6, 6.07) is 5.50. The molecule has 156 valence electrons. The van der Waals surface area contributed by atoms with Gasteiger partial charge in [0.15, 0.2) is 0 Å². The Bertz CT molecular complexity index is 683. The SMILES string of the molecule is CC(CC(F)(F)F)N1CC(Cc2ccccc2F)(C(=O)NC2CCOCC2)C1. The molecular weight excluding hydrogens is 376 g/mol. The van der Waals surface area contributed by atoms with Crippen LogP contribution < -0.4 is 5.32 Å². The number of hydrogen-bond acceptors (Lipinski definition) is 3. The van der Waals surface area contributed by atoms with Gasteiger partial charge in [-0.15, -0.1) is 0 Å². The van der Waals surface area contributed by atoms with E-state index in [2.05, 4.69) is 5.32 Å². The molecule has 2 saturated heterocycles. The first-order chi connectivity index (χ1) is 13.2. The lowest BCUT2D eigenvalue weighted by Crippen LogP contribution is -2.67. The number of carbonyl (C=O) groups excluding carboxylic acids is 1. The molecule has 1 N–H and O–H groups in total. The number of benzene rings is 1. The molecule has 8 heteroatoms. The van der Waals surface area contributed by atoms with Crippen molar-refractivity contribution in [1.82, 2.24) is 10.2 Å². The van der Waals surface area contributed by atoms with Crippen LogP contribution in [0.1, 0.15) is 31.7 Å². The second-order valence-electron chi connectivity index (χ2n) is 7.98. The van der Waals surface area contributed by atoms with Crippen molar-refractivity contribution in [3.05, 3.63) is 35.6 Å². The number of rotatable bonds is 6. The van der Waals surface area contributed by atoms with Crippen LogP contribution in [0.4, 0.5) is 17.6 Å². The van der Waals surface area contributed by atoms with Crippen molar-refractivity contribution >= 4 is 5.91 Å². The highest BCUT2D eigenvalue weighted by molar-refractivity contribution is 5.85. The first-order valence-electron chi connectivity index (χ1n) is 9.61. The normalized spacial score (nSPS) is 21.8. The summed E-state index contributed by atoms with van der Waals surface area (Å²) in [6.07, 6.45) is -3.60. The molecule has 28 heavy (non-hydrogen) atoms. The summed E-state index contributed by atoms with van der Waals surface area (Å²) in [6.45, 7) is 3.03. The quantitative estimate of drug-likeness (QED) is 0.743. The summed E-state index contributed by atoms with van der Waals surface area (Å²) in [4.78, 5) is 14.7. The summed E-state index contributed by atoms with van der Waals surface area (Å²) in [5.74, 6) is -0.611. The van der Waals surface area contributed by atoms with Crippen molar-refractivity contribution in [2.45, 2.75) is 50.9 Å². The van der Waals surface area contributed by atoms with E-state index >= 15 is 0 Å². The smallest absolute Gasteiger partial charge is 0.381 e. The summed E-state index contributed by atoms with van der Waals surface area (Å²) in [7, 11) is 0. The Kier molecular flexibility index (Phi) is 6.29. The van der Waals surface area contributed by atoms with E-state index in [4.69, 9.17) is 4.74 Å². The Morgan fingerprint density at radius 3 is 2.54 bits per heavy atom. The van der Waals surface area contributed by atoms with Gasteiger partial charge in [0.2, 0.25) is 5.91 Å². The minimum absolute atomic E-state index is 0.0135. The van der Waals surface area contributed by atoms with Crippen LogP contribution in [0.15, 0.2) is 24.3 Å². The lowest BCUT2D eigenvalue weighted by atomic mass is 9.72. The number of carbonyl (C=O) groups is 1. The van der Waals surface area contributed by atoms with E-state index in [0.29, 0.717) is 31.6 Å². The van der Waals surface area contributed by atoms with Crippen LogP contribution in [0, 0.1) is 11.2 Å². The Hall–Kier alpha value is -1.67. The highest BCUT2D eigenvalue weighted by Crippen LogP contribution is 2.39. The minimum atomic E-state index is -4.26. The third-order valence-electron chi connectivity index (χ3n) is 5.69. The standard InChI is InChI=1S/C20H26F4N2O2/c1-14(10-20(22,23)24)26-12-19(13-26,11-15-4-2-3-5-17(15)21)18(27)25-16-6-8-28-9-7-16/h2-5,14,16H,6-13H2,1H3,(H,25,27). The van der Waals surface area contributed by atoms with Crippen LogP contribution in [0.2, 0.25) is 0 Å². The molecule has 1 unspecified atom stereocenters. The molecule has 0 spiro atoms. The Labute approximate surface area is 162 Å². The number of alkyl halides is 3. The van der Waals surface area contributed by atoms with Gasteiger partial charge in [-0.25, -0.2) is 4.39 Å². The average Bonchev–Trinajstić information content (AvgIpc) is 2.58. The molecule has 1 aromatic carbocycles. The largest absolute Gasteiger partial charge is 0.390 e. The van der Waals surface area contributed by atoms with Crippen molar-refractivity contribution < 1.29 is 27.1 Å². The second kappa shape index (κ2) is 8.37. The van der Waals surface area contributed by atoms with Crippen LogP contribution in [0.5, 0.6) is 0 Å². The predicted octanol–water partition coefficient (Wildman–Crippen LogP) is 3.31. The van der Waals surface area contributed by atoms with E-state index < -0.39 is 29.9 Å². The van der Waals surface area contributed by atoms with Gasteiger partial charge in [-0.05, 0) is 37.8 Å². The number of amides is 1. The zero-order valence-corrected chi connectivity index (χ0v) is 15.9. The maximum Gasteiger partial charge on any atom is 0.390 e. The van der Waals surface area contributed by atoms with Gasteiger partial charge in [-0.2, -0.15) is 13.2 Å². The molecular formula is C20H26F4N2O2. The average molecular weight is 402 g/mol. The third kappa shape index (κ3) is 5.03. The Morgan fingerprint density at radius 1 is 1.29 bits per heavy atom. The zero-order valence-electron chi connectivity index (χ0n) is 15.9. The molecule has 0 bridgehead atoms. The van der Waals surface area contributed by atoms with Crippen molar-refractivity contribution in [3.63, 3.8) is 0 Å².